The molecule has 1 aromatic heterocycles. The lowest BCUT2D eigenvalue weighted by atomic mass is 9.87. The van der Waals surface area contributed by atoms with Gasteiger partial charge in [-0.25, -0.2) is 13.6 Å². The molecule has 154 valence electrons. The standard InChI is InChI=1S/C20H21F2N3O4/c1-20-8-24(7-14(20)23(2)29-9-20)17-13(21)5-11-16(15(17)22)25(10-3-4-10)6-12(18(11)26)19(27)28/h5-6,10,14H,3-4,7-9H2,1-2H3,(H,27,28). The van der Waals surface area contributed by atoms with Gasteiger partial charge in [0.25, 0.3) is 0 Å². The molecular weight excluding hydrogens is 384 g/mol. The second-order valence-electron chi connectivity index (χ2n) is 8.60. The number of benzene rings is 1. The van der Waals surface area contributed by atoms with Gasteiger partial charge >= 0.3 is 5.97 Å². The Bertz CT molecular complexity index is 1110. The molecule has 1 aromatic carbocycles. The highest BCUT2D eigenvalue weighted by Gasteiger charge is 2.51. The first-order valence-electron chi connectivity index (χ1n) is 9.62. The van der Waals surface area contributed by atoms with Crippen molar-refractivity contribution in [3.8, 4) is 0 Å². The van der Waals surface area contributed by atoms with E-state index in [9.17, 15) is 14.7 Å². The highest BCUT2D eigenvalue weighted by atomic mass is 19.1. The Morgan fingerprint density at radius 1 is 1.34 bits per heavy atom. The highest BCUT2D eigenvalue weighted by Crippen LogP contribution is 2.44. The summed E-state index contributed by atoms with van der Waals surface area (Å²) >= 11 is 0. The van der Waals surface area contributed by atoms with Crippen molar-refractivity contribution in [1.29, 1.82) is 0 Å². The van der Waals surface area contributed by atoms with E-state index < -0.39 is 28.6 Å². The van der Waals surface area contributed by atoms with Crippen molar-refractivity contribution in [2.24, 2.45) is 5.41 Å². The van der Waals surface area contributed by atoms with Crippen LogP contribution in [0.15, 0.2) is 17.1 Å². The number of rotatable bonds is 3. The molecule has 2 aliphatic heterocycles. The van der Waals surface area contributed by atoms with E-state index >= 15 is 8.78 Å². The van der Waals surface area contributed by atoms with Crippen LogP contribution >= 0.6 is 0 Å². The number of pyridine rings is 1. The number of aromatic carboxylic acids is 1. The predicted octanol–water partition coefficient (Wildman–Crippen LogP) is 2.38. The van der Waals surface area contributed by atoms with Gasteiger partial charge in [-0.2, -0.15) is 5.06 Å². The van der Waals surface area contributed by atoms with Crippen molar-refractivity contribution in [3.05, 3.63) is 39.7 Å². The summed E-state index contributed by atoms with van der Waals surface area (Å²) in [6.45, 7) is 3.31. The largest absolute Gasteiger partial charge is 0.477 e. The van der Waals surface area contributed by atoms with Crippen LogP contribution in [0.2, 0.25) is 0 Å². The summed E-state index contributed by atoms with van der Waals surface area (Å²) in [5.74, 6) is -3.07. The number of halogens is 2. The Kier molecular flexibility index (Phi) is 3.82. The zero-order valence-corrected chi connectivity index (χ0v) is 16.1. The molecule has 2 saturated heterocycles. The molecule has 5 rings (SSSR count). The molecule has 0 amide bonds. The summed E-state index contributed by atoms with van der Waals surface area (Å²) in [6, 6.07) is 0.897. The van der Waals surface area contributed by atoms with Crippen LogP contribution < -0.4 is 10.3 Å². The molecular formula is C20H21F2N3O4. The number of hydrogen-bond donors (Lipinski definition) is 1. The molecule has 1 aliphatic carbocycles. The molecule has 2 aromatic rings. The second kappa shape index (κ2) is 5.99. The van der Waals surface area contributed by atoms with Crippen LogP contribution in [0.3, 0.4) is 0 Å². The number of carboxylic acid groups (broad SMARTS) is 1. The first kappa shape index (κ1) is 18.5. The minimum Gasteiger partial charge on any atom is -0.477 e. The Hall–Kier alpha value is -2.52. The maximum Gasteiger partial charge on any atom is 0.341 e. The third-order valence-electron chi connectivity index (χ3n) is 6.46. The number of anilines is 1. The fraction of sp³-hybridized carbons (Fsp3) is 0.500. The number of hydrogen-bond acceptors (Lipinski definition) is 5. The van der Waals surface area contributed by atoms with Gasteiger partial charge in [0.05, 0.1) is 23.6 Å². The van der Waals surface area contributed by atoms with Crippen molar-refractivity contribution in [1.82, 2.24) is 9.63 Å². The van der Waals surface area contributed by atoms with E-state index in [4.69, 9.17) is 4.84 Å². The van der Waals surface area contributed by atoms with Gasteiger partial charge in [-0.1, -0.05) is 6.92 Å². The van der Waals surface area contributed by atoms with Gasteiger partial charge in [0.1, 0.15) is 17.1 Å². The maximum absolute atomic E-state index is 15.7. The molecule has 3 aliphatic rings. The number of aromatic nitrogens is 1. The summed E-state index contributed by atoms with van der Waals surface area (Å²) in [5, 5.41) is 10.8. The third-order valence-corrected chi connectivity index (χ3v) is 6.46. The Morgan fingerprint density at radius 2 is 2.07 bits per heavy atom. The topological polar surface area (TPSA) is 75.0 Å². The average Bonchev–Trinajstić information content (AvgIpc) is 3.38. The molecule has 2 atom stereocenters. The number of hydroxylamine groups is 2. The van der Waals surface area contributed by atoms with Crippen molar-refractivity contribution in [2.75, 3.05) is 31.6 Å². The summed E-state index contributed by atoms with van der Waals surface area (Å²) in [7, 11) is 1.81. The quantitative estimate of drug-likeness (QED) is 0.845. The van der Waals surface area contributed by atoms with Gasteiger partial charge in [-0.3, -0.25) is 9.63 Å². The van der Waals surface area contributed by atoms with E-state index in [0.29, 0.717) is 19.7 Å². The van der Waals surface area contributed by atoms with Crippen molar-refractivity contribution in [2.45, 2.75) is 31.8 Å². The van der Waals surface area contributed by atoms with Crippen LogP contribution in [-0.4, -0.2) is 53.5 Å². The molecule has 1 saturated carbocycles. The van der Waals surface area contributed by atoms with Gasteiger partial charge < -0.3 is 14.6 Å². The smallest absolute Gasteiger partial charge is 0.341 e. The fourth-order valence-corrected chi connectivity index (χ4v) is 4.75. The zero-order chi connectivity index (χ0) is 20.7. The van der Waals surface area contributed by atoms with Crippen LogP contribution in [0.5, 0.6) is 0 Å². The lowest BCUT2D eigenvalue weighted by molar-refractivity contribution is -0.108. The second-order valence-corrected chi connectivity index (χ2v) is 8.60. The number of carbonyl (C=O) groups is 1. The molecule has 29 heavy (non-hydrogen) atoms. The monoisotopic (exact) mass is 405 g/mol. The zero-order valence-electron chi connectivity index (χ0n) is 16.1. The fourth-order valence-electron chi connectivity index (χ4n) is 4.75. The first-order chi connectivity index (χ1) is 13.7. The van der Waals surface area contributed by atoms with Gasteiger partial charge in [-0.05, 0) is 18.9 Å². The maximum atomic E-state index is 15.7. The molecule has 9 heteroatoms. The lowest BCUT2D eigenvalue weighted by Crippen LogP contribution is -2.34. The summed E-state index contributed by atoms with van der Waals surface area (Å²) < 4.78 is 32.3. The Labute approximate surface area is 165 Å². The first-order valence-corrected chi connectivity index (χ1v) is 9.62. The Balaban J connectivity index is 1.71. The van der Waals surface area contributed by atoms with E-state index in [1.807, 2.05) is 14.0 Å². The minimum atomic E-state index is -1.40. The van der Waals surface area contributed by atoms with E-state index in [-0.39, 0.29) is 34.1 Å². The number of likely N-dealkylation sites (N-methyl/N-ethyl adjacent to an activating group) is 1. The number of carboxylic acids is 1. The van der Waals surface area contributed by atoms with Crippen LogP contribution in [0.4, 0.5) is 14.5 Å². The normalized spacial score (nSPS) is 27.0. The van der Waals surface area contributed by atoms with E-state index in [1.165, 1.54) is 10.8 Å². The van der Waals surface area contributed by atoms with Gasteiger partial charge in [0.2, 0.25) is 5.43 Å². The van der Waals surface area contributed by atoms with Crippen LogP contribution in [0.1, 0.15) is 36.2 Å². The van der Waals surface area contributed by atoms with Gasteiger partial charge in [0.15, 0.2) is 5.82 Å². The van der Waals surface area contributed by atoms with Gasteiger partial charge in [0, 0.05) is 37.8 Å². The molecule has 0 bridgehead atoms. The lowest BCUT2D eigenvalue weighted by Gasteiger charge is -2.25. The molecule has 7 nitrogen and oxygen atoms in total. The van der Waals surface area contributed by atoms with Crippen molar-refractivity contribution in [3.63, 3.8) is 0 Å². The van der Waals surface area contributed by atoms with Crippen LogP contribution in [0.25, 0.3) is 10.9 Å². The number of fused-ring (bicyclic) bond motifs is 2. The molecule has 0 spiro atoms. The van der Waals surface area contributed by atoms with E-state index in [1.54, 1.807) is 9.96 Å². The van der Waals surface area contributed by atoms with Crippen LogP contribution in [-0.2, 0) is 4.84 Å². The minimum absolute atomic E-state index is 0.00277. The highest BCUT2D eigenvalue weighted by molar-refractivity contribution is 5.94. The van der Waals surface area contributed by atoms with Crippen molar-refractivity contribution < 1.29 is 23.5 Å². The summed E-state index contributed by atoms with van der Waals surface area (Å²) in [6.07, 6.45) is 2.71. The summed E-state index contributed by atoms with van der Waals surface area (Å²) in [5.41, 5.74) is -1.79. The molecule has 2 unspecified atom stereocenters. The predicted molar refractivity (Wildman–Crippen MR) is 101 cm³/mol. The molecule has 0 radical (unpaired) electrons. The average molecular weight is 405 g/mol. The van der Waals surface area contributed by atoms with E-state index in [2.05, 4.69) is 0 Å². The SMILES string of the molecule is CN1OCC2(C)CN(c3c(F)cc4c(=O)c(C(=O)O)cn(C5CC5)c4c3F)CC12. The van der Waals surface area contributed by atoms with E-state index in [0.717, 1.165) is 18.9 Å². The van der Waals surface area contributed by atoms with Crippen molar-refractivity contribution >= 4 is 22.6 Å². The molecule has 1 N–H and O–H groups in total. The Morgan fingerprint density at radius 3 is 2.69 bits per heavy atom. The number of nitrogens with zero attached hydrogens (tertiary/aromatic N) is 3. The molecule has 3 heterocycles. The van der Waals surface area contributed by atoms with Gasteiger partial charge in [-0.15, -0.1) is 0 Å². The molecule has 3 fully saturated rings. The third kappa shape index (κ3) is 2.60. The summed E-state index contributed by atoms with van der Waals surface area (Å²) in [4.78, 5) is 31.3. The van der Waals surface area contributed by atoms with Crippen LogP contribution in [0, 0.1) is 17.0 Å².